The molecule has 2 aromatic carbocycles. The molecule has 1 unspecified atom stereocenters. The molecule has 1 atom stereocenters. The molecule has 3 nitrogen and oxygen atoms in total. The molecule has 0 saturated carbocycles. The van der Waals surface area contributed by atoms with Gasteiger partial charge in [0.25, 0.3) is 0 Å². The van der Waals surface area contributed by atoms with Crippen molar-refractivity contribution in [2.75, 3.05) is 13.2 Å². The first kappa shape index (κ1) is 22.2. The molecule has 0 radical (unpaired) electrons. The highest BCUT2D eigenvalue weighted by Gasteiger charge is 2.32. The maximum atomic E-state index is 12.6. The van der Waals surface area contributed by atoms with Crippen LogP contribution < -0.4 is 0 Å². The lowest BCUT2D eigenvalue weighted by atomic mass is 10.1. The van der Waals surface area contributed by atoms with E-state index < -0.39 is 29.2 Å². The van der Waals surface area contributed by atoms with E-state index in [4.69, 9.17) is 21.1 Å². The first-order chi connectivity index (χ1) is 13.7. The lowest BCUT2D eigenvalue weighted by Gasteiger charge is -2.31. The first-order valence-corrected chi connectivity index (χ1v) is 10.7. The van der Waals surface area contributed by atoms with Gasteiger partial charge in [-0.15, -0.1) is 0 Å². The van der Waals surface area contributed by atoms with Crippen LogP contribution in [0.4, 0.5) is 13.2 Å². The third kappa shape index (κ3) is 6.23. The fraction of sp³-hybridized carbons (Fsp3) is 0.333. The zero-order chi connectivity index (χ0) is 21.0. The van der Waals surface area contributed by atoms with Gasteiger partial charge in [-0.05, 0) is 53.5 Å². The van der Waals surface area contributed by atoms with E-state index in [-0.39, 0.29) is 18.5 Å². The number of hydrogen-bond donors (Lipinski definition) is 0. The van der Waals surface area contributed by atoms with E-state index in [0.717, 1.165) is 23.3 Å². The fourth-order valence-electron chi connectivity index (χ4n) is 2.86. The van der Waals surface area contributed by atoms with Crippen molar-refractivity contribution in [2.45, 2.75) is 30.4 Å². The molecular formula is C21H20ClF3O3S. The summed E-state index contributed by atoms with van der Waals surface area (Å²) >= 11 is 4.70. The summed E-state index contributed by atoms with van der Waals surface area (Å²) < 4.78 is 61.9. The molecule has 3 rings (SSSR count). The Balaban J connectivity index is 1.54. The Kier molecular flexibility index (Phi) is 7.29. The highest BCUT2D eigenvalue weighted by molar-refractivity contribution is 7.91. The molecule has 1 aliphatic rings. The van der Waals surface area contributed by atoms with Gasteiger partial charge in [0.15, 0.2) is 11.5 Å². The molecule has 156 valence electrons. The molecule has 1 heterocycles. The van der Waals surface area contributed by atoms with E-state index >= 15 is 0 Å². The van der Waals surface area contributed by atoms with Gasteiger partial charge in [0.05, 0.1) is 5.56 Å². The summed E-state index contributed by atoms with van der Waals surface area (Å²) in [5.74, 6) is 0.388. The van der Waals surface area contributed by atoms with Crippen molar-refractivity contribution >= 4 is 28.9 Å². The van der Waals surface area contributed by atoms with Gasteiger partial charge >= 0.3 is 6.18 Å². The largest absolute Gasteiger partial charge is 0.616 e. The van der Waals surface area contributed by atoms with Crippen LogP contribution >= 0.6 is 11.6 Å². The maximum Gasteiger partial charge on any atom is 0.416 e. The summed E-state index contributed by atoms with van der Waals surface area (Å²) in [5, 5.41) is 0.378. The number of halogens is 4. The van der Waals surface area contributed by atoms with Crippen LogP contribution in [0, 0.1) is 0 Å². The minimum Gasteiger partial charge on any atom is -0.616 e. The van der Waals surface area contributed by atoms with E-state index in [1.165, 1.54) is 12.1 Å². The number of rotatable bonds is 5. The topological polar surface area (TPSA) is 41.5 Å². The van der Waals surface area contributed by atoms with Gasteiger partial charge in [-0.3, -0.25) is 0 Å². The highest BCUT2D eigenvalue weighted by Crippen LogP contribution is 2.29. The quantitative estimate of drug-likeness (QED) is 0.575. The molecule has 29 heavy (non-hydrogen) atoms. The van der Waals surface area contributed by atoms with Crippen LogP contribution in [0.2, 0.25) is 5.02 Å². The van der Waals surface area contributed by atoms with Gasteiger partial charge in [0.2, 0.25) is 0 Å². The van der Waals surface area contributed by atoms with Crippen LogP contribution in [0.5, 0.6) is 0 Å². The van der Waals surface area contributed by atoms with Crippen molar-refractivity contribution < 1.29 is 27.2 Å². The van der Waals surface area contributed by atoms with E-state index in [9.17, 15) is 17.7 Å². The summed E-state index contributed by atoms with van der Waals surface area (Å²) in [5.41, 5.74) is 1.58. The van der Waals surface area contributed by atoms with Gasteiger partial charge in [0.1, 0.15) is 19.0 Å². The molecule has 1 saturated heterocycles. The van der Waals surface area contributed by atoms with E-state index in [0.29, 0.717) is 16.3 Å². The van der Waals surface area contributed by atoms with Gasteiger partial charge in [-0.1, -0.05) is 41.9 Å². The third-order valence-corrected chi connectivity index (χ3v) is 6.35. The molecule has 0 N–H and O–H groups in total. The standard InChI is InChI=1S/C21H20ClF3O3S/c1-14(10-15-2-6-17(7-3-15)21(23,24)25)20-27-11-19(12-28-20)29(26)13-16-4-8-18(22)9-5-16/h2-10,19-20H,11-13H2,1H3/t19-,20-,29?. The van der Waals surface area contributed by atoms with Gasteiger partial charge in [-0.25, -0.2) is 0 Å². The monoisotopic (exact) mass is 444 g/mol. The van der Waals surface area contributed by atoms with Crippen LogP contribution in [0.1, 0.15) is 23.6 Å². The van der Waals surface area contributed by atoms with Crippen molar-refractivity contribution in [3.8, 4) is 0 Å². The molecule has 0 bridgehead atoms. The smallest absolute Gasteiger partial charge is 0.416 e. The lowest BCUT2D eigenvalue weighted by Crippen LogP contribution is -2.41. The van der Waals surface area contributed by atoms with Crippen LogP contribution in [-0.4, -0.2) is 29.3 Å². The zero-order valence-corrected chi connectivity index (χ0v) is 17.2. The average Bonchev–Trinajstić information content (AvgIpc) is 2.69. The summed E-state index contributed by atoms with van der Waals surface area (Å²) in [7, 11) is 0. The third-order valence-electron chi connectivity index (χ3n) is 4.47. The SMILES string of the molecule is CC(=Cc1ccc(C(F)(F)F)cc1)[C@H]1OC[C@H]([S+]([O-])Cc2ccc(Cl)cc2)CO1. The summed E-state index contributed by atoms with van der Waals surface area (Å²) in [6.07, 6.45) is -3.25. The molecule has 1 fully saturated rings. The van der Waals surface area contributed by atoms with Crippen molar-refractivity contribution in [3.05, 3.63) is 75.8 Å². The first-order valence-electron chi connectivity index (χ1n) is 8.92. The summed E-state index contributed by atoms with van der Waals surface area (Å²) in [6.45, 7) is 2.35. The van der Waals surface area contributed by atoms with Gasteiger partial charge in [-0.2, -0.15) is 13.2 Å². The number of ether oxygens (including phenoxy) is 2. The van der Waals surface area contributed by atoms with Gasteiger partial charge in [0, 0.05) is 10.6 Å². The molecule has 2 aromatic rings. The second kappa shape index (κ2) is 9.53. The minimum atomic E-state index is -4.36. The Bertz CT molecular complexity index is 830. The van der Waals surface area contributed by atoms with Crippen LogP contribution in [-0.2, 0) is 32.6 Å². The summed E-state index contributed by atoms with van der Waals surface area (Å²) in [4.78, 5) is 0. The van der Waals surface area contributed by atoms with Gasteiger partial charge < -0.3 is 14.0 Å². The van der Waals surface area contributed by atoms with Crippen molar-refractivity contribution in [2.24, 2.45) is 0 Å². The summed E-state index contributed by atoms with van der Waals surface area (Å²) in [6, 6.07) is 12.1. The molecular weight excluding hydrogens is 425 g/mol. The maximum absolute atomic E-state index is 12.6. The predicted molar refractivity (Wildman–Crippen MR) is 108 cm³/mol. The number of alkyl halides is 3. The number of hydrogen-bond acceptors (Lipinski definition) is 3. The number of benzene rings is 2. The Labute approximate surface area is 175 Å². The predicted octanol–water partition coefficient (Wildman–Crippen LogP) is 5.45. The molecule has 0 aliphatic carbocycles. The average molecular weight is 445 g/mol. The fourth-order valence-corrected chi connectivity index (χ4v) is 4.21. The van der Waals surface area contributed by atoms with Crippen molar-refractivity contribution in [1.29, 1.82) is 0 Å². The van der Waals surface area contributed by atoms with Crippen LogP contribution in [0.25, 0.3) is 6.08 Å². The van der Waals surface area contributed by atoms with Crippen molar-refractivity contribution in [1.82, 2.24) is 0 Å². The Morgan fingerprint density at radius 3 is 2.24 bits per heavy atom. The zero-order valence-electron chi connectivity index (χ0n) is 15.6. The van der Waals surface area contributed by atoms with E-state index in [2.05, 4.69) is 0 Å². The highest BCUT2D eigenvalue weighted by atomic mass is 35.5. The molecule has 0 aromatic heterocycles. The van der Waals surface area contributed by atoms with Crippen LogP contribution in [0.3, 0.4) is 0 Å². The van der Waals surface area contributed by atoms with Crippen LogP contribution in [0.15, 0.2) is 54.1 Å². The lowest BCUT2D eigenvalue weighted by molar-refractivity contribution is -0.153. The van der Waals surface area contributed by atoms with E-state index in [1.54, 1.807) is 25.1 Å². The Morgan fingerprint density at radius 1 is 1.10 bits per heavy atom. The Hall–Kier alpha value is -1.51. The normalized spacial score (nSPS) is 21.8. The second-order valence-corrected chi connectivity index (χ2v) is 8.93. The minimum absolute atomic E-state index is 0.249. The Morgan fingerprint density at radius 2 is 1.69 bits per heavy atom. The molecule has 8 heteroatoms. The molecule has 0 spiro atoms. The van der Waals surface area contributed by atoms with Crippen molar-refractivity contribution in [3.63, 3.8) is 0 Å². The second-order valence-electron chi connectivity index (χ2n) is 6.78. The molecule has 0 amide bonds. The van der Waals surface area contributed by atoms with E-state index in [1.807, 2.05) is 12.1 Å². The molecule has 1 aliphatic heterocycles.